The van der Waals surface area contributed by atoms with Crippen molar-refractivity contribution in [3.63, 3.8) is 0 Å². The summed E-state index contributed by atoms with van der Waals surface area (Å²) < 4.78 is 0. The second-order valence-corrected chi connectivity index (χ2v) is 8.33. The molecule has 2 unspecified atom stereocenters. The van der Waals surface area contributed by atoms with Gasteiger partial charge in [0.1, 0.15) is 0 Å². The Labute approximate surface area is 126 Å². The molecule has 0 bridgehead atoms. The summed E-state index contributed by atoms with van der Waals surface area (Å²) in [7, 11) is 2.37. The van der Waals surface area contributed by atoms with Crippen LogP contribution < -0.4 is 5.73 Å². The highest BCUT2D eigenvalue weighted by molar-refractivity contribution is 5.02. The van der Waals surface area contributed by atoms with Gasteiger partial charge in [-0.05, 0) is 50.5 Å². The van der Waals surface area contributed by atoms with Gasteiger partial charge in [0.25, 0.3) is 0 Å². The van der Waals surface area contributed by atoms with Crippen molar-refractivity contribution in [2.75, 3.05) is 13.6 Å². The molecule has 2 aliphatic rings. The average Bonchev–Trinajstić information content (AvgIpc) is 2.67. The standard InChI is InChI=1S/C18H36N2/c1-15-13-17(2,3)11-12-18(15,14-19)20(4)16-9-7-5-6-8-10-16/h15-16H,5-14,19H2,1-4H3. The van der Waals surface area contributed by atoms with Crippen LogP contribution in [-0.4, -0.2) is 30.1 Å². The molecule has 20 heavy (non-hydrogen) atoms. The molecule has 0 aliphatic heterocycles. The molecule has 0 aromatic heterocycles. The lowest BCUT2D eigenvalue weighted by atomic mass is 9.63. The van der Waals surface area contributed by atoms with Crippen molar-refractivity contribution in [1.82, 2.24) is 4.90 Å². The zero-order chi connectivity index (χ0) is 14.8. The Morgan fingerprint density at radius 1 is 1.05 bits per heavy atom. The Hall–Kier alpha value is -0.0800. The summed E-state index contributed by atoms with van der Waals surface area (Å²) in [6.45, 7) is 8.13. The van der Waals surface area contributed by atoms with E-state index in [1.165, 1.54) is 57.8 Å². The van der Waals surface area contributed by atoms with Gasteiger partial charge in [-0.1, -0.05) is 46.5 Å². The van der Waals surface area contributed by atoms with E-state index in [1.54, 1.807) is 0 Å². The van der Waals surface area contributed by atoms with Crippen LogP contribution in [0.2, 0.25) is 0 Å². The molecule has 0 spiro atoms. The van der Waals surface area contributed by atoms with E-state index in [0.717, 1.165) is 12.6 Å². The first kappa shape index (κ1) is 16.3. The first-order valence-electron chi connectivity index (χ1n) is 8.84. The van der Waals surface area contributed by atoms with Crippen molar-refractivity contribution in [3.05, 3.63) is 0 Å². The van der Waals surface area contributed by atoms with Gasteiger partial charge in [-0.15, -0.1) is 0 Å². The molecule has 0 aromatic rings. The SMILES string of the molecule is CC1CC(C)(C)CCC1(CN)N(C)C1CCCCCC1. The van der Waals surface area contributed by atoms with Gasteiger partial charge < -0.3 is 5.73 Å². The zero-order valence-electron chi connectivity index (χ0n) is 14.3. The molecule has 0 radical (unpaired) electrons. The maximum Gasteiger partial charge on any atom is 0.0357 e. The van der Waals surface area contributed by atoms with Gasteiger partial charge in [-0.2, -0.15) is 0 Å². The molecule has 0 saturated heterocycles. The van der Waals surface area contributed by atoms with E-state index < -0.39 is 0 Å². The summed E-state index contributed by atoms with van der Waals surface area (Å²) >= 11 is 0. The largest absolute Gasteiger partial charge is 0.329 e. The van der Waals surface area contributed by atoms with Crippen LogP contribution in [0.15, 0.2) is 0 Å². The molecule has 2 fully saturated rings. The molecule has 2 aliphatic carbocycles. The molecule has 0 heterocycles. The number of hydrogen-bond donors (Lipinski definition) is 1. The fourth-order valence-corrected chi connectivity index (χ4v) is 4.90. The van der Waals surface area contributed by atoms with E-state index in [1.807, 2.05) is 0 Å². The van der Waals surface area contributed by atoms with Crippen LogP contribution in [0, 0.1) is 11.3 Å². The van der Waals surface area contributed by atoms with Gasteiger partial charge in [0.05, 0.1) is 0 Å². The van der Waals surface area contributed by atoms with E-state index in [2.05, 4.69) is 32.7 Å². The molecule has 2 rings (SSSR count). The Bertz CT molecular complexity index is 305. The molecule has 0 aromatic carbocycles. The molecular weight excluding hydrogens is 244 g/mol. The fourth-order valence-electron chi connectivity index (χ4n) is 4.90. The Morgan fingerprint density at radius 2 is 1.65 bits per heavy atom. The van der Waals surface area contributed by atoms with E-state index in [4.69, 9.17) is 5.73 Å². The molecule has 118 valence electrons. The lowest BCUT2D eigenvalue weighted by Crippen LogP contribution is -2.62. The smallest absolute Gasteiger partial charge is 0.0357 e. The zero-order valence-corrected chi connectivity index (χ0v) is 14.3. The Morgan fingerprint density at radius 3 is 2.15 bits per heavy atom. The third-order valence-corrected chi connectivity index (χ3v) is 6.44. The number of hydrogen-bond acceptors (Lipinski definition) is 2. The van der Waals surface area contributed by atoms with Crippen LogP contribution in [0.5, 0.6) is 0 Å². The fraction of sp³-hybridized carbons (Fsp3) is 1.00. The third-order valence-electron chi connectivity index (χ3n) is 6.44. The maximum absolute atomic E-state index is 6.32. The van der Waals surface area contributed by atoms with E-state index in [0.29, 0.717) is 11.3 Å². The maximum atomic E-state index is 6.32. The average molecular weight is 280 g/mol. The van der Waals surface area contributed by atoms with Crippen molar-refractivity contribution in [2.24, 2.45) is 17.1 Å². The molecule has 2 heteroatoms. The topological polar surface area (TPSA) is 29.3 Å². The monoisotopic (exact) mass is 280 g/mol. The van der Waals surface area contributed by atoms with Gasteiger partial charge in [-0.25, -0.2) is 0 Å². The summed E-state index contributed by atoms with van der Waals surface area (Å²) in [6.07, 6.45) is 12.4. The highest BCUT2D eigenvalue weighted by atomic mass is 15.2. The summed E-state index contributed by atoms with van der Waals surface area (Å²) in [5, 5.41) is 0. The van der Waals surface area contributed by atoms with Gasteiger partial charge in [0.15, 0.2) is 0 Å². The van der Waals surface area contributed by atoms with Crippen molar-refractivity contribution >= 4 is 0 Å². The predicted molar refractivity (Wildman–Crippen MR) is 87.8 cm³/mol. The molecular formula is C18H36N2. The van der Waals surface area contributed by atoms with Crippen LogP contribution in [-0.2, 0) is 0 Å². The van der Waals surface area contributed by atoms with Crippen molar-refractivity contribution in [2.45, 2.75) is 90.1 Å². The van der Waals surface area contributed by atoms with Gasteiger partial charge in [-0.3, -0.25) is 4.90 Å². The summed E-state index contributed by atoms with van der Waals surface area (Å²) in [5.41, 5.74) is 7.08. The Kier molecular flexibility index (Phi) is 5.18. The second-order valence-electron chi connectivity index (χ2n) is 8.33. The van der Waals surface area contributed by atoms with Crippen LogP contribution in [0.4, 0.5) is 0 Å². The number of rotatable bonds is 3. The van der Waals surface area contributed by atoms with Crippen molar-refractivity contribution in [1.29, 1.82) is 0 Å². The minimum absolute atomic E-state index is 0.254. The summed E-state index contributed by atoms with van der Waals surface area (Å²) in [5.74, 6) is 0.713. The van der Waals surface area contributed by atoms with Gasteiger partial charge >= 0.3 is 0 Å². The highest BCUT2D eigenvalue weighted by Crippen LogP contribution is 2.47. The Balaban J connectivity index is 2.13. The van der Waals surface area contributed by atoms with Crippen molar-refractivity contribution < 1.29 is 0 Å². The van der Waals surface area contributed by atoms with Crippen molar-refractivity contribution in [3.8, 4) is 0 Å². The lowest BCUT2D eigenvalue weighted by Gasteiger charge is -2.55. The summed E-state index contributed by atoms with van der Waals surface area (Å²) in [4.78, 5) is 2.72. The number of likely N-dealkylation sites (N-methyl/N-ethyl adjacent to an activating group) is 1. The number of nitrogens with zero attached hydrogens (tertiary/aromatic N) is 1. The van der Waals surface area contributed by atoms with Crippen LogP contribution >= 0.6 is 0 Å². The summed E-state index contributed by atoms with van der Waals surface area (Å²) in [6, 6.07) is 0.768. The van der Waals surface area contributed by atoms with Crippen LogP contribution in [0.3, 0.4) is 0 Å². The lowest BCUT2D eigenvalue weighted by molar-refractivity contribution is -0.0335. The van der Waals surface area contributed by atoms with Gasteiger partial charge in [0, 0.05) is 18.1 Å². The molecule has 2 nitrogen and oxygen atoms in total. The number of nitrogens with two attached hydrogens (primary N) is 1. The molecule has 2 saturated carbocycles. The van der Waals surface area contributed by atoms with E-state index in [-0.39, 0.29) is 5.54 Å². The third kappa shape index (κ3) is 3.22. The predicted octanol–water partition coefficient (Wildman–Crippen LogP) is 4.18. The molecule has 0 amide bonds. The first-order valence-corrected chi connectivity index (χ1v) is 8.84. The minimum Gasteiger partial charge on any atom is -0.329 e. The quantitative estimate of drug-likeness (QED) is 0.786. The van der Waals surface area contributed by atoms with E-state index in [9.17, 15) is 0 Å². The normalized spacial score (nSPS) is 36.0. The van der Waals surface area contributed by atoms with Gasteiger partial charge in [0.2, 0.25) is 0 Å². The highest BCUT2D eigenvalue weighted by Gasteiger charge is 2.47. The molecule has 2 N–H and O–H groups in total. The van der Waals surface area contributed by atoms with Crippen LogP contribution in [0.1, 0.15) is 78.6 Å². The first-order chi connectivity index (χ1) is 9.41. The van der Waals surface area contributed by atoms with Crippen LogP contribution in [0.25, 0.3) is 0 Å². The second kappa shape index (κ2) is 6.36. The molecule has 2 atom stereocenters. The van der Waals surface area contributed by atoms with E-state index >= 15 is 0 Å². The minimum atomic E-state index is 0.254.